The number of methoxy groups -OCH3 is 1. The second-order valence-electron chi connectivity index (χ2n) is 3.43. The van der Waals surface area contributed by atoms with Gasteiger partial charge in [-0.3, -0.25) is 0 Å². The lowest BCUT2D eigenvalue weighted by Crippen LogP contribution is -2.09. The summed E-state index contributed by atoms with van der Waals surface area (Å²) in [5.41, 5.74) is 5.88. The Hall–Kier alpha value is -1.27. The number of ether oxygens (including phenoxy) is 2. The summed E-state index contributed by atoms with van der Waals surface area (Å²) in [6.07, 6.45) is 0. The van der Waals surface area contributed by atoms with Crippen LogP contribution in [0.25, 0.3) is 0 Å². The van der Waals surface area contributed by atoms with E-state index in [1.54, 1.807) is 14.0 Å². The molecule has 0 saturated heterocycles. The zero-order chi connectivity index (χ0) is 13.5. The molecule has 1 aromatic rings. The molecule has 0 saturated carbocycles. The van der Waals surface area contributed by atoms with Crippen molar-refractivity contribution in [1.29, 1.82) is 0 Å². The molecule has 0 radical (unpaired) electrons. The second kappa shape index (κ2) is 7.23. The van der Waals surface area contributed by atoms with E-state index in [1.165, 1.54) is 17.8 Å². The number of nitrogen functional groups attached to an aromatic ring is 1. The van der Waals surface area contributed by atoms with Crippen LogP contribution in [0.4, 0.5) is 10.1 Å². The Morgan fingerprint density at radius 3 is 2.83 bits per heavy atom. The number of carbonyl (C=O) groups excluding carboxylic acids is 1. The molecule has 0 aliphatic heterocycles. The third kappa shape index (κ3) is 3.89. The van der Waals surface area contributed by atoms with Gasteiger partial charge in [-0.15, -0.1) is 11.8 Å². The summed E-state index contributed by atoms with van der Waals surface area (Å²) in [6, 6.07) is 2.56. The Morgan fingerprint density at radius 2 is 2.22 bits per heavy atom. The van der Waals surface area contributed by atoms with E-state index >= 15 is 0 Å². The predicted molar refractivity (Wildman–Crippen MR) is 69.4 cm³/mol. The number of hydrogen-bond donors (Lipinski definition) is 1. The van der Waals surface area contributed by atoms with Gasteiger partial charge in [-0.2, -0.15) is 0 Å². The lowest BCUT2D eigenvalue weighted by Gasteiger charge is -2.09. The first-order valence-electron chi connectivity index (χ1n) is 5.48. The third-order valence-electron chi connectivity index (χ3n) is 2.14. The van der Waals surface area contributed by atoms with Gasteiger partial charge in [-0.1, -0.05) is 0 Å². The number of anilines is 1. The molecule has 6 heteroatoms. The molecule has 18 heavy (non-hydrogen) atoms. The highest BCUT2D eigenvalue weighted by molar-refractivity contribution is 7.99. The van der Waals surface area contributed by atoms with Gasteiger partial charge in [-0.05, 0) is 19.1 Å². The molecule has 0 fully saturated rings. The number of carbonyl (C=O) groups is 1. The van der Waals surface area contributed by atoms with Crippen LogP contribution < -0.4 is 5.73 Å². The van der Waals surface area contributed by atoms with Gasteiger partial charge in [-0.25, -0.2) is 9.18 Å². The topological polar surface area (TPSA) is 61.5 Å². The highest BCUT2D eigenvalue weighted by Gasteiger charge is 2.15. The molecule has 0 aromatic heterocycles. The molecule has 0 bridgehead atoms. The van der Waals surface area contributed by atoms with Crippen LogP contribution in [0, 0.1) is 5.82 Å². The first-order chi connectivity index (χ1) is 8.60. The first-order valence-corrected chi connectivity index (χ1v) is 6.46. The van der Waals surface area contributed by atoms with Crippen LogP contribution in [0.3, 0.4) is 0 Å². The van der Waals surface area contributed by atoms with Gasteiger partial charge in [0.25, 0.3) is 0 Å². The number of nitrogens with two attached hydrogens (primary N) is 1. The van der Waals surface area contributed by atoms with Crippen LogP contribution in [-0.2, 0) is 9.47 Å². The van der Waals surface area contributed by atoms with Crippen LogP contribution in [0.2, 0.25) is 0 Å². The van der Waals surface area contributed by atoms with E-state index in [1.807, 2.05) is 0 Å². The average Bonchev–Trinajstić information content (AvgIpc) is 2.32. The smallest absolute Gasteiger partial charge is 0.340 e. The maximum Gasteiger partial charge on any atom is 0.340 e. The summed E-state index contributed by atoms with van der Waals surface area (Å²) >= 11 is 1.27. The van der Waals surface area contributed by atoms with Crippen molar-refractivity contribution in [2.45, 2.75) is 11.8 Å². The third-order valence-corrected chi connectivity index (χ3v) is 3.14. The summed E-state index contributed by atoms with van der Waals surface area (Å²) in [5, 5.41) is 0. The van der Waals surface area contributed by atoms with Crippen molar-refractivity contribution < 1.29 is 18.7 Å². The minimum absolute atomic E-state index is 0.0852. The van der Waals surface area contributed by atoms with E-state index in [4.69, 9.17) is 15.2 Å². The number of rotatable bonds is 6. The van der Waals surface area contributed by atoms with E-state index < -0.39 is 11.8 Å². The molecule has 0 aliphatic rings. The van der Waals surface area contributed by atoms with Gasteiger partial charge in [0.05, 0.1) is 18.8 Å². The number of thioether (sulfide) groups is 1. The highest BCUT2D eigenvalue weighted by Crippen LogP contribution is 2.27. The van der Waals surface area contributed by atoms with E-state index in [0.29, 0.717) is 17.3 Å². The van der Waals surface area contributed by atoms with Gasteiger partial charge in [0.2, 0.25) is 0 Å². The van der Waals surface area contributed by atoms with E-state index in [0.717, 1.165) is 6.07 Å². The van der Waals surface area contributed by atoms with Crippen LogP contribution in [0.15, 0.2) is 17.0 Å². The van der Waals surface area contributed by atoms with Crippen LogP contribution in [-0.4, -0.2) is 32.0 Å². The lowest BCUT2D eigenvalue weighted by atomic mass is 10.2. The zero-order valence-corrected chi connectivity index (χ0v) is 11.2. The normalized spacial score (nSPS) is 10.4. The van der Waals surface area contributed by atoms with E-state index in [-0.39, 0.29) is 17.9 Å². The van der Waals surface area contributed by atoms with Crippen molar-refractivity contribution in [3.05, 3.63) is 23.5 Å². The molecular weight excluding hydrogens is 257 g/mol. The molecule has 0 heterocycles. The lowest BCUT2D eigenvalue weighted by molar-refractivity contribution is 0.0527. The predicted octanol–water partition coefficient (Wildman–Crippen LogP) is 2.32. The molecule has 1 rings (SSSR count). The minimum atomic E-state index is -0.538. The molecule has 1 aromatic carbocycles. The maximum atomic E-state index is 13.6. The monoisotopic (exact) mass is 273 g/mol. The summed E-state index contributed by atoms with van der Waals surface area (Å²) < 4.78 is 23.4. The minimum Gasteiger partial charge on any atom is -0.462 e. The summed E-state index contributed by atoms with van der Waals surface area (Å²) in [4.78, 5) is 12.0. The van der Waals surface area contributed by atoms with Crippen molar-refractivity contribution >= 4 is 23.4 Å². The molecule has 0 aliphatic carbocycles. The summed E-state index contributed by atoms with van der Waals surface area (Å²) in [5.74, 6) is -0.384. The van der Waals surface area contributed by atoms with E-state index in [2.05, 4.69) is 0 Å². The van der Waals surface area contributed by atoms with Gasteiger partial charge in [0.15, 0.2) is 0 Å². The average molecular weight is 273 g/mol. The Balaban J connectivity index is 2.91. The summed E-state index contributed by atoms with van der Waals surface area (Å²) in [6.45, 7) is 2.46. The van der Waals surface area contributed by atoms with Crippen molar-refractivity contribution in [3.8, 4) is 0 Å². The molecular formula is C12H16FNO3S. The van der Waals surface area contributed by atoms with Crippen LogP contribution in [0.5, 0.6) is 0 Å². The molecule has 0 atom stereocenters. The Labute approximate surface area is 110 Å². The Morgan fingerprint density at radius 1 is 1.50 bits per heavy atom. The van der Waals surface area contributed by atoms with E-state index in [9.17, 15) is 9.18 Å². The second-order valence-corrected chi connectivity index (χ2v) is 4.57. The Kier molecular flexibility index (Phi) is 5.94. The number of halogens is 1. The molecule has 4 nitrogen and oxygen atoms in total. The highest BCUT2D eigenvalue weighted by atomic mass is 32.2. The van der Waals surface area contributed by atoms with Gasteiger partial charge in [0, 0.05) is 23.4 Å². The number of esters is 1. The molecule has 0 amide bonds. The molecule has 100 valence electrons. The van der Waals surface area contributed by atoms with Crippen LogP contribution in [0.1, 0.15) is 17.3 Å². The standard InChI is InChI=1S/C12H16FNO3S/c1-3-17-12(15)8-6-11(18-5-4-16-2)9(13)7-10(8)14/h6-7H,3-5,14H2,1-2H3. The fourth-order valence-corrected chi connectivity index (χ4v) is 2.17. The summed E-state index contributed by atoms with van der Waals surface area (Å²) in [7, 11) is 1.57. The number of hydrogen-bond acceptors (Lipinski definition) is 5. The van der Waals surface area contributed by atoms with Crippen molar-refractivity contribution in [2.75, 3.05) is 31.8 Å². The van der Waals surface area contributed by atoms with Gasteiger partial charge >= 0.3 is 5.97 Å². The molecule has 0 spiro atoms. The molecule has 0 unspecified atom stereocenters. The maximum absolute atomic E-state index is 13.6. The van der Waals surface area contributed by atoms with Crippen LogP contribution >= 0.6 is 11.8 Å². The quantitative estimate of drug-likeness (QED) is 0.373. The molecule has 2 N–H and O–H groups in total. The SMILES string of the molecule is CCOC(=O)c1cc(SCCOC)c(F)cc1N. The largest absolute Gasteiger partial charge is 0.462 e. The first kappa shape index (κ1) is 14.8. The van der Waals surface area contributed by atoms with Gasteiger partial charge < -0.3 is 15.2 Å². The fourth-order valence-electron chi connectivity index (χ4n) is 1.30. The Bertz CT molecular complexity index is 426. The van der Waals surface area contributed by atoms with Gasteiger partial charge in [0.1, 0.15) is 5.82 Å². The fraction of sp³-hybridized carbons (Fsp3) is 0.417. The number of benzene rings is 1. The van der Waals surface area contributed by atoms with Crippen molar-refractivity contribution in [1.82, 2.24) is 0 Å². The zero-order valence-electron chi connectivity index (χ0n) is 10.4. The van der Waals surface area contributed by atoms with Crippen molar-refractivity contribution in [3.63, 3.8) is 0 Å². The van der Waals surface area contributed by atoms with Crippen molar-refractivity contribution in [2.24, 2.45) is 0 Å².